The van der Waals surface area contributed by atoms with Crippen LogP contribution in [0.1, 0.15) is 34.6 Å². The molecule has 1 aromatic rings. The molecule has 5 atom stereocenters. The molecule has 3 rings (SSSR count). The summed E-state index contributed by atoms with van der Waals surface area (Å²) in [7, 11) is 0. The van der Waals surface area contributed by atoms with Crippen LogP contribution in [0.3, 0.4) is 0 Å². The van der Waals surface area contributed by atoms with Crippen molar-refractivity contribution >= 4 is 17.8 Å². The molecule has 1 saturated heterocycles. The number of esters is 1. The maximum atomic E-state index is 12.5. The zero-order valence-corrected chi connectivity index (χ0v) is 17.0. The van der Waals surface area contributed by atoms with Gasteiger partial charge in [-0.2, -0.15) is 0 Å². The van der Waals surface area contributed by atoms with Gasteiger partial charge in [-0.3, -0.25) is 4.79 Å². The highest BCUT2D eigenvalue weighted by Gasteiger charge is 2.48. The Balaban J connectivity index is 2.03. The maximum Gasteiger partial charge on any atom is 0.334 e. The van der Waals surface area contributed by atoms with E-state index in [-0.39, 0.29) is 41.7 Å². The average Bonchev–Trinajstić information content (AvgIpc) is 2.66. The van der Waals surface area contributed by atoms with E-state index in [1.165, 1.54) is 0 Å². The molecule has 2 unspecified atom stereocenters. The minimum absolute atomic E-state index is 0.00481. The first-order valence-corrected chi connectivity index (χ1v) is 9.79. The molecule has 28 heavy (non-hydrogen) atoms. The van der Waals surface area contributed by atoms with Gasteiger partial charge in [0.2, 0.25) is 11.9 Å². The Kier molecular flexibility index (Phi) is 5.82. The normalized spacial score (nSPS) is 29.3. The SMILES string of the molecule is CCOC(=O)C1=CC=C2C(C1C)[C@H](Nc1ncccn1)[C@@H](C)[C@H](C)N2C(C)=O. The van der Waals surface area contributed by atoms with Gasteiger partial charge in [0.05, 0.1) is 6.61 Å². The zero-order chi connectivity index (χ0) is 20.4. The molecule has 2 heterocycles. The molecule has 1 aromatic heterocycles. The molecular formula is C21H28N4O3. The Morgan fingerprint density at radius 2 is 1.86 bits per heavy atom. The number of rotatable bonds is 4. The standard InChI is InChI=1S/C21H28N4O3/c1-6-28-20(27)16-8-9-17-18(13(16)3)19(24-21-22-10-7-11-23-21)12(2)14(4)25(17)15(5)26/h7-14,18-19H,6H2,1-5H3,(H,22,23,24)/t12-,13?,14-,18?,19+/m0/s1. The second-order valence-corrected chi connectivity index (χ2v) is 7.48. The van der Waals surface area contributed by atoms with Gasteiger partial charge in [0.1, 0.15) is 0 Å². The first-order valence-electron chi connectivity index (χ1n) is 9.79. The van der Waals surface area contributed by atoms with Crippen molar-refractivity contribution < 1.29 is 14.3 Å². The summed E-state index contributed by atoms with van der Waals surface area (Å²) in [6.45, 7) is 9.90. The summed E-state index contributed by atoms with van der Waals surface area (Å²) in [6, 6.07) is 1.74. The second-order valence-electron chi connectivity index (χ2n) is 7.48. The Morgan fingerprint density at radius 3 is 2.46 bits per heavy atom. The molecular weight excluding hydrogens is 356 g/mol. The molecule has 0 aromatic carbocycles. The van der Waals surface area contributed by atoms with E-state index in [1.807, 2.05) is 17.9 Å². The summed E-state index contributed by atoms with van der Waals surface area (Å²) in [5, 5.41) is 3.46. The van der Waals surface area contributed by atoms with Crippen molar-refractivity contribution in [2.75, 3.05) is 11.9 Å². The van der Waals surface area contributed by atoms with Crippen LogP contribution >= 0.6 is 0 Å². The van der Waals surface area contributed by atoms with Gasteiger partial charge in [0.25, 0.3) is 0 Å². The molecule has 1 aliphatic carbocycles. The van der Waals surface area contributed by atoms with Crippen LogP contribution in [0.25, 0.3) is 0 Å². The molecule has 1 fully saturated rings. The molecule has 1 aliphatic heterocycles. The van der Waals surface area contributed by atoms with Crippen LogP contribution in [0.2, 0.25) is 0 Å². The van der Waals surface area contributed by atoms with E-state index in [0.717, 1.165) is 5.70 Å². The number of carbonyl (C=O) groups is 2. The third kappa shape index (κ3) is 3.53. The summed E-state index contributed by atoms with van der Waals surface area (Å²) in [5.41, 5.74) is 1.55. The topological polar surface area (TPSA) is 84.4 Å². The summed E-state index contributed by atoms with van der Waals surface area (Å²) < 4.78 is 5.25. The van der Waals surface area contributed by atoms with E-state index >= 15 is 0 Å². The van der Waals surface area contributed by atoms with E-state index in [0.29, 0.717) is 18.1 Å². The van der Waals surface area contributed by atoms with Crippen molar-refractivity contribution in [1.29, 1.82) is 0 Å². The number of hydrogen-bond donors (Lipinski definition) is 1. The highest BCUT2D eigenvalue weighted by atomic mass is 16.5. The van der Waals surface area contributed by atoms with Crippen molar-refractivity contribution in [3.8, 4) is 0 Å². The number of amides is 1. The first-order chi connectivity index (χ1) is 13.4. The van der Waals surface area contributed by atoms with E-state index in [1.54, 1.807) is 38.4 Å². The highest BCUT2D eigenvalue weighted by molar-refractivity contribution is 5.90. The lowest BCUT2D eigenvalue weighted by Crippen LogP contribution is -2.58. The van der Waals surface area contributed by atoms with Crippen LogP contribution in [-0.4, -0.2) is 45.4 Å². The lowest BCUT2D eigenvalue weighted by molar-refractivity contribution is -0.139. The molecule has 7 nitrogen and oxygen atoms in total. The zero-order valence-electron chi connectivity index (χ0n) is 17.0. The lowest BCUT2D eigenvalue weighted by atomic mass is 9.68. The van der Waals surface area contributed by atoms with Gasteiger partial charge in [-0.1, -0.05) is 13.8 Å². The smallest absolute Gasteiger partial charge is 0.334 e. The van der Waals surface area contributed by atoms with E-state index in [9.17, 15) is 9.59 Å². The number of carbonyl (C=O) groups excluding carboxylic acids is 2. The van der Waals surface area contributed by atoms with E-state index in [4.69, 9.17) is 4.74 Å². The quantitative estimate of drug-likeness (QED) is 0.804. The van der Waals surface area contributed by atoms with Crippen LogP contribution in [0.15, 0.2) is 41.9 Å². The number of nitrogens with one attached hydrogen (secondary N) is 1. The summed E-state index contributed by atoms with van der Waals surface area (Å²) >= 11 is 0. The molecule has 7 heteroatoms. The molecule has 2 aliphatic rings. The van der Waals surface area contributed by atoms with Gasteiger partial charge >= 0.3 is 5.97 Å². The fourth-order valence-corrected chi connectivity index (χ4v) is 4.40. The van der Waals surface area contributed by atoms with Gasteiger partial charge in [0.15, 0.2) is 0 Å². The van der Waals surface area contributed by atoms with Crippen LogP contribution in [-0.2, 0) is 14.3 Å². The minimum Gasteiger partial charge on any atom is -0.463 e. The minimum atomic E-state index is -0.305. The first kappa shape index (κ1) is 20.0. The molecule has 0 radical (unpaired) electrons. The summed E-state index contributed by atoms with van der Waals surface area (Å²) in [6.07, 6.45) is 7.07. The largest absolute Gasteiger partial charge is 0.463 e. The van der Waals surface area contributed by atoms with Crippen LogP contribution < -0.4 is 5.32 Å². The molecule has 1 N–H and O–H groups in total. The van der Waals surface area contributed by atoms with Crippen molar-refractivity contribution in [2.24, 2.45) is 17.8 Å². The molecule has 0 saturated carbocycles. The molecule has 0 spiro atoms. The molecule has 1 amide bonds. The Morgan fingerprint density at radius 1 is 1.18 bits per heavy atom. The molecule has 150 valence electrons. The predicted octanol–water partition coefficient (Wildman–Crippen LogP) is 2.78. The number of piperidine rings is 1. The molecule has 0 bridgehead atoms. The monoisotopic (exact) mass is 384 g/mol. The Labute approximate surface area is 165 Å². The van der Waals surface area contributed by atoms with Gasteiger partial charge in [-0.15, -0.1) is 0 Å². The van der Waals surface area contributed by atoms with Gasteiger partial charge in [-0.25, -0.2) is 14.8 Å². The average molecular weight is 384 g/mol. The van der Waals surface area contributed by atoms with Crippen LogP contribution in [0.4, 0.5) is 5.95 Å². The Hall–Kier alpha value is -2.70. The van der Waals surface area contributed by atoms with Crippen LogP contribution in [0, 0.1) is 17.8 Å². The van der Waals surface area contributed by atoms with Crippen molar-refractivity contribution in [3.63, 3.8) is 0 Å². The van der Waals surface area contributed by atoms with Crippen molar-refractivity contribution in [2.45, 2.75) is 46.7 Å². The second kappa shape index (κ2) is 8.12. The summed E-state index contributed by atoms with van der Waals surface area (Å²) in [4.78, 5) is 35.4. The number of fused-ring (bicyclic) bond motifs is 1. The Bertz CT molecular complexity index is 805. The number of aromatic nitrogens is 2. The van der Waals surface area contributed by atoms with Crippen molar-refractivity contribution in [3.05, 3.63) is 41.9 Å². The fraction of sp³-hybridized carbons (Fsp3) is 0.524. The lowest BCUT2D eigenvalue weighted by Gasteiger charge is -2.51. The van der Waals surface area contributed by atoms with Gasteiger partial charge < -0.3 is 15.0 Å². The van der Waals surface area contributed by atoms with Crippen LogP contribution in [0.5, 0.6) is 0 Å². The van der Waals surface area contributed by atoms with Gasteiger partial charge in [0, 0.05) is 48.6 Å². The number of likely N-dealkylation sites (tertiary alicyclic amines) is 1. The van der Waals surface area contributed by atoms with Crippen molar-refractivity contribution in [1.82, 2.24) is 14.9 Å². The number of nitrogens with zero attached hydrogens (tertiary/aromatic N) is 3. The van der Waals surface area contributed by atoms with Gasteiger partial charge in [-0.05, 0) is 43.9 Å². The summed E-state index contributed by atoms with van der Waals surface area (Å²) in [5.74, 6) is 0.173. The third-order valence-electron chi connectivity index (χ3n) is 5.92. The number of allylic oxidation sites excluding steroid dienone is 2. The predicted molar refractivity (Wildman–Crippen MR) is 106 cm³/mol. The maximum absolute atomic E-state index is 12.5. The number of anilines is 1. The number of ether oxygens (including phenoxy) is 1. The fourth-order valence-electron chi connectivity index (χ4n) is 4.40. The third-order valence-corrected chi connectivity index (χ3v) is 5.92. The van der Waals surface area contributed by atoms with E-state index in [2.05, 4.69) is 29.1 Å². The van der Waals surface area contributed by atoms with E-state index < -0.39 is 0 Å². The highest BCUT2D eigenvalue weighted by Crippen LogP contribution is 2.44. The number of hydrogen-bond acceptors (Lipinski definition) is 6.